The van der Waals surface area contributed by atoms with Gasteiger partial charge in [-0.2, -0.15) is 0 Å². The summed E-state index contributed by atoms with van der Waals surface area (Å²) in [4.78, 5) is 16.6. The van der Waals surface area contributed by atoms with Gasteiger partial charge >= 0.3 is 5.97 Å². The van der Waals surface area contributed by atoms with Crippen LogP contribution in [-0.4, -0.2) is 39.4 Å². The van der Waals surface area contributed by atoms with Crippen molar-refractivity contribution in [2.75, 3.05) is 28.4 Å². The second-order valence-electron chi connectivity index (χ2n) is 6.17. The van der Waals surface area contributed by atoms with Crippen LogP contribution in [0.5, 0.6) is 17.2 Å². The summed E-state index contributed by atoms with van der Waals surface area (Å²) >= 11 is 0. The minimum Gasteiger partial charge on any atom is -0.496 e. The van der Waals surface area contributed by atoms with Gasteiger partial charge in [-0.15, -0.1) is 0 Å². The van der Waals surface area contributed by atoms with Gasteiger partial charge < -0.3 is 18.9 Å². The molecular formula is C22H23NO5. The summed E-state index contributed by atoms with van der Waals surface area (Å²) in [5.41, 5.74) is 3.40. The first kappa shape index (κ1) is 19.5. The van der Waals surface area contributed by atoms with Gasteiger partial charge in [0.15, 0.2) is 11.5 Å². The lowest BCUT2D eigenvalue weighted by molar-refractivity contribution is -0.140. The van der Waals surface area contributed by atoms with E-state index in [-0.39, 0.29) is 12.4 Å². The van der Waals surface area contributed by atoms with Gasteiger partial charge in [0, 0.05) is 17.4 Å². The van der Waals surface area contributed by atoms with E-state index in [1.165, 1.54) is 7.11 Å². The standard InChI is InChI=1S/C22H23NO5/c1-25-18-7-5-6-17-16(18)12-14(9-11-21(24)28-4)22(23-17)15-8-10-19(26-2)20(13-15)27-3/h5-8,10,12-13H,9,11H2,1-4H3. The zero-order valence-corrected chi connectivity index (χ0v) is 16.4. The molecule has 3 rings (SSSR count). The van der Waals surface area contributed by atoms with Crippen molar-refractivity contribution in [3.63, 3.8) is 0 Å². The minimum atomic E-state index is -0.265. The van der Waals surface area contributed by atoms with Gasteiger partial charge in [0.05, 0.1) is 39.6 Å². The van der Waals surface area contributed by atoms with Gasteiger partial charge in [-0.1, -0.05) is 6.07 Å². The number of carbonyl (C=O) groups excluding carboxylic acids is 1. The fourth-order valence-electron chi connectivity index (χ4n) is 3.15. The van der Waals surface area contributed by atoms with Gasteiger partial charge in [-0.05, 0) is 48.4 Å². The third-order valence-electron chi connectivity index (χ3n) is 4.60. The van der Waals surface area contributed by atoms with Crippen molar-refractivity contribution in [2.45, 2.75) is 12.8 Å². The van der Waals surface area contributed by atoms with Crippen LogP contribution < -0.4 is 14.2 Å². The molecule has 0 spiro atoms. The number of aromatic nitrogens is 1. The summed E-state index contributed by atoms with van der Waals surface area (Å²) in [5, 5.41) is 0.897. The van der Waals surface area contributed by atoms with Crippen LogP contribution in [0, 0.1) is 0 Å². The summed E-state index contributed by atoms with van der Waals surface area (Å²) in [6, 6.07) is 13.4. The highest BCUT2D eigenvalue weighted by molar-refractivity contribution is 5.89. The van der Waals surface area contributed by atoms with E-state index in [0.717, 1.165) is 33.5 Å². The number of rotatable bonds is 7. The summed E-state index contributed by atoms with van der Waals surface area (Å²) in [6.07, 6.45) is 0.760. The maximum absolute atomic E-state index is 11.7. The van der Waals surface area contributed by atoms with Gasteiger partial charge in [-0.25, -0.2) is 4.98 Å². The molecule has 0 amide bonds. The van der Waals surface area contributed by atoms with Crippen LogP contribution in [0.15, 0.2) is 42.5 Å². The Morgan fingerprint density at radius 3 is 2.32 bits per heavy atom. The van der Waals surface area contributed by atoms with Crippen molar-refractivity contribution in [2.24, 2.45) is 0 Å². The number of methoxy groups -OCH3 is 4. The second kappa shape index (κ2) is 8.61. The maximum Gasteiger partial charge on any atom is 0.305 e. The van der Waals surface area contributed by atoms with Crippen LogP contribution in [0.1, 0.15) is 12.0 Å². The topological polar surface area (TPSA) is 66.9 Å². The van der Waals surface area contributed by atoms with Crippen LogP contribution >= 0.6 is 0 Å². The van der Waals surface area contributed by atoms with Crippen molar-refractivity contribution >= 4 is 16.9 Å². The van der Waals surface area contributed by atoms with E-state index in [2.05, 4.69) is 0 Å². The van der Waals surface area contributed by atoms with Crippen LogP contribution in [0.25, 0.3) is 22.2 Å². The Morgan fingerprint density at radius 1 is 0.893 bits per heavy atom. The molecule has 6 nitrogen and oxygen atoms in total. The SMILES string of the molecule is COC(=O)CCc1cc2c(OC)cccc2nc1-c1ccc(OC)c(OC)c1. The quantitative estimate of drug-likeness (QED) is 0.576. The van der Waals surface area contributed by atoms with Crippen LogP contribution in [0.4, 0.5) is 0 Å². The molecule has 0 fully saturated rings. The van der Waals surface area contributed by atoms with E-state index in [1.807, 2.05) is 42.5 Å². The Labute approximate surface area is 164 Å². The van der Waals surface area contributed by atoms with E-state index in [9.17, 15) is 4.79 Å². The third kappa shape index (κ3) is 3.86. The first-order chi connectivity index (χ1) is 13.6. The number of esters is 1. The Hall–Kier alpha value is -3.28. The van der Waals surface area contributed by atoms with E-state index < -0.39 is 0 Å². The molecule has 0 N–H and O–H groups in total. The molecule has 0 aliphatic heterocycles. The van der Waals surface area contributed by atoms with Gasteiger partial charge in [0.25, 0.3) is 0 Å². The summed E-state index contributed by atoms with van der Waals surface area (Å²) in [6.45, 7) is 0. The fraction of sp³-hybridized carbons (Fsp3) is 0.273. The first-order valence-corrected chi connectivity index (χ1v) is 8.87. The number of ether oxygens (including phenoxy) is 4. The molecule has 0 aliphatic carbocycles. The number of hydrogen-bond donors (Lipinski definition) is 0. The zero-order chi connectivity index (χ0) is 20.1. The molecule has 0 atom stereocenters. The van der Waals surface area contributed by atoms with Crippen LogP contribution in [-0.2, 0) is 16.0 Å². The van der Waals surface area contributed by atoms with Crippen LogP contribution in [0.3, 0.4) is 0 Å². The Balaban J connectivity index is 2.17. The Kier molecular flexibility index (Phi) is 5.99. The predicted molar refractivity (Wildman–Crippen MR) is 107 cm³/mol. The molecule has 6 heteroatoms. The molecule has 146 valence electrons. The fourth-order valence-corrected chi connectivity index (χ4v) is 3.15. The maximum atomic E-state index is 11.7. The molecule has 28 heavy (non-hydrogen) atoms. The molecule has 0 radical (unpaired) electrons. The van der Waals surface area contributed by atoms with Crippen molar-refractivity contribution < 1.29 is 23.7 Å². The summed E-state index contributed by atoms with van der Waals surface area (Å²) in [5.74, 6) is 1.73. The summed E-state index contributed by atoms with van der Waals surface area (Å²) in [7, 11) is 6.21. The summed E-state index contributed by atoms with van der Waals surface area (Å²) < 4.78 is 21.0. The highest BCUT2D eigenvalue weighted by Crippen LogP contribution is 2.35. The minimum absolute atomic E-state index is 0.263. The number of pyridine rings is 1. The lowest BCUT2D eigenvalue weighted by Crippen LogP contribution is -2.04. The van der Waals surface area contributed by atoms with Gasteiger partial charge in [0.2, 0.25) is 0 Å². The highest BCUT2D eigenvalue weighted by atomic mass is 16.5. The lowest BCUT2D eigenvalue weighted by atomic mass is 9.99. The molecule has 0 saturated heterocycles. The molecule has 1 aromatic heterocycles. The van der Waals surface area contributed by atoms with E-state index >= 15 is 0 Å². The molecule has 0 unspecified atom stereocenters. The molecule has 0 aliphatic rings. The third-order valence-corrected chi connectivity index (χ3v) is 4.60. The highest BCUT2D eigenvalue weighted by Gasteiger charge is 2.15. The van der Waals surface area contributed by atoms with Crippen molar-refractivity contribution in [3.8, 4) is 28.5 Å². The largest absolute Gasteiger partial charge is 0.496 e. The number of fused-ring (bicyclic) bond motifs is 1. The van der Waals surface area contributed by atoms with Gasteiger partial charge in [0.1, 0.15) is 5.75 Å². The Bertz CT molecular complexity index is 1000. The van der Waals surface area contributed by atoms with E-state index in [1.54, 1.807) is 21.3 Å². The average molecular weight is 381 g/mol. The molecular weight excluding hydrogens is 358 g/mol. The van der Waals surface area contributed by atoms with Crippen molar-refractivity contribution in [3.05, 3.63) is 48.0 Å². The van der Waals surface area contributed by atoms with E-state index in [4.69, 9.17) is 23.9 Å². The average Bonchev–Trinajstić information content (AvgIpc) is 2.75. The second-order valence-corrected chi connectivity index (χ2v) is 6.17. The lowest BCUT2D eigenvalue weighted by Gasteiger charge is -2.14. The van der Waals surface area contributed by atoms with Gasteiger partial charge in [-0.3, -0.25) is 4.79 Å². The predicted octanol–water partition coefficient (Wildman–Crippen LogP) is 4.03. The number of nitrogens with zero attached hydrogens (tertiary/aromatic N) is 1. The number of aryl methyl sites for hydroxylation is 1. The number of carbonyl (C=O) groups is 1. The molecule has 3 aromatic rings. The number of hydrogen-bond acceptors (Lipinski definition) is 6. The molecule has 0 bridgehead atoms. The van der Waals surface area contributed by atoms with Crippen LogP contribution in [0.2, 0.25) is 0 Å². The molecule has 1 heterocycles. The monoisotopic (exact) mass is 381 g/mol. The zero-order valence-electron chi connectivity index (χ0n) is 16.4. The molecule has 0 saturated carbocycles. The number of benzene rings is 2. The smallest absolute Gasteiger partial charge is 0.305 e. The van der Waals surface area contributed by atoms with Crippen molar-refractivity contribution in [1.82, 2.24) is 4.98 Å². The van der Waals surface area contributed by atoms with E-state index in [0.29, 0.717) is 17.9 Å². The Morgan fingerprint density at radius 2 is 1.64 bits per heavy atom. The van der Waals surface area contributed by atoms with Crippen molar-refractivity contribution in [1.29, 1.82) is 0 Å². The normalized spacial score (nSPS) is 10.6. The molecule has 2 aromatic carbocycles. The first-order valence-electron chi connectivity index (χ1n) is 8.87.